The second-order valence-electron chi connectivity index (χ2n) is 5.86. The molecular weight excluding hydrogens is 270 g/mol. The number of ether oxygens (including phenoxy) is 1. The fourth-order valence-corrected chi connectivity index (χ4v) is 2.11. The van der Waals surface area contributed by atoms with Crippen molar-refractivity contribution in [3.8, 4) is 5.75 Å². The summed E-state index contributed by atoms with van der Waals surface area (Å²) < 4.78 is 5.08. The second kappa shape index (κ2) is 7.67. The number of carboxylic acid groups (broad SMARTS) is 1. The summed E-state index contributed by atoms with van der Waals surface area (Å²) in [6, 6.07) is 7.68. The van der Waals surface area contributed by atoms with Crippen LogP contribution in [0.4, 0.5) is 0 Å². The molecule has 0 atom stereocenters. The van der Waals surface area contributed by atoms with Gasteiger partial charge in [-0.1, -0.05) is 26.0 Å². The van der Waals surface area contributed by atoms with Crippen molar-refractivity contribution in [3.05, 3.63) is 29.8 Å². The highest BCUT2D eigenvalue weighted by Crippen LogP contribution is 2.24. The minimum absolute atomic E-state index is 0.0150. The number of aliphatic carboxylic acids is 1. The summed E-state index contributed by atoms with van der Waals surface area (Å²) >= 11 is 0. The van der Waals surface area contributed by atoms with E-state index in [1.54, 1.807) is 21.0 Å². The van der Waals surface area contributed by atoms with Crippen LogP contribution in [0.25, 0.3) is 0 Å². The molecule has 1 aromatic rings. The number of methoxy groups -OCH3 is 1. The fraction of sp³-hybridized carbons (Fsp3) is 0.500. The number of benzene rings is 1. The zero-order valence-electron chi connectivity index (χ0n) is 12.8. The molecular formula is C16H23NO4. The molecule has 5 nitrogen and oxygen atoms in total. The Hall–Kier alpha value is -2.04. The van der Waals surface area contributed by atoms with Crippen molar-refractivity contribution in [1.29, 1.82) is 0 Å². The molecule has 1 aromatic carbocycles. The first-order valence-corrected chi connectivity index (χ1v) is 6.94. The lowest BCUT2D eigenvalue weighted by atomic mass is 9.85. The molecule has 0 spiro atoms. The Kier molecular flexibility index (Phi) is 6.21. The third kappa shape index (κ3) is 6.79. The third-order valence-electron chi connectivity index (χ3n) is 3.16. The van der Waals surface area contributed by atoms with Gasteiger partial charge in [0.1, 0.15) is 5.75 Å². The van der Waals surface area contributed by atoms with E-state index in [2.05, 4.69) is 5.32 Å². The fourth-order valence-electron chi connectivity index (χ4n) is 2.11. The zero-order valence-corrected chi connectivity index (χ0v) is 12.8. The summed E-state index contributed by atoms with van der Waals surface area (Å²) in [7, 11) is 1.62. The van der Waals surface area contributed by atoms with Crippen molar-refractivity contribution in [1.82, 2.24) is 5.32 Å². The van der Waals surface area contributed by atoms with Crippen molar-refractivity contribution in [2.45, 2.75) is 33.1 Å². The van der Waals surface area contributed by atoms with Crippen LogP contribution in [0.1, 0.15) is 32.3 Å². The summed E-state index contributed by atoms with van der Waals surface area (Å²) in [5.41, 5.74) is 0.580. The van der Waals surface area contributed by atoms with E-state index in [0.29, 0.717) is 6.54 Å². The van der Waals surface area contributed by atoms with Crippen molar-refractivity contribution < 1.29 is 19.4 Å². The Morgan fingerprint density at radius 1 is 1.19 bits per heavy atom. The zero-order chi connectivity index (χ0) is 15.9. The lowest BCUT2D eigenvalue weighted by Gasteiger charge is -2.21. The predicted octanol–water partition coefficient (Wildman–Crippen LogP) is 2.24. The molecule has 0 aliphatic rings. The van der Waals surface area contributed by atoms with Crippen LogP contribution in [0.15, 0.2) is 24.3 Å². The Morgan fingerprint density at radius 2 is 1.81 bits per heavy atom. The quantitative estimate of drug-likeness (QED) is 0.771. The van der Waals surface area contributed by atoms with E-state index in [1.165, 1.54) is 0 Å². The average molecular weight is 293 g/mol. The van der Waals surface area contributed by atoms with Gasteiger partial charge in [0, 0.05) is 13.0 Å². The lowest BCUT2D eigenvalue weighted by Crippen LogP contribution is -2.31. The second-order valence-corrected chi connectivity index (χ2v) is 5.86. The van der Waals surface area contributed by atoms with Gasteiger partial charge in [-0.2, -0.15) is 0 Å². The van der Waals surface area contributed by atoms with Crippen LogP contribution in [0.5, 0.6) is 5.75 Å². The smallest absolute Gasteiger partial charge is 0.303 e. The highest BCUT2D eigenvalue weighted by molar-refractivity contribution is 5.77. The first kappa shape index (κ1) is 17.0. The van der Waals surface area contributed by atoms with E-state index in [-0.39, 0.29) is 18.7 Å². The summed E-state index contributed by atoms with van der Waals surface area (Å²) in [5.74, 6) is -0.195. The predicted molar refractivity (Wildman–Crippen MR) is 80.4 cm³/mol. The van der Waals surface area contributed by atoms with Crippen LogP contribution in [0.3, 0.4) is 0 Å². The molecule has 0 heterocycles. The van der Waals surface area contributed by atoms with Gasteiger partial charge in [-0.15, -0.1) is 0 Å². The molecule has 1 amide bonds. The molecule has 0 radical (unpaired) electrons. The first-order chi connectivity index (χ1) is 9.82. The van der Waals surface area contributed by atoms with E-state index in [4.69, 9.17) is 9.84 Å². The third-order valence-corrected chi connectivity index (χ3v) is 3.16. The van der Waals surface area contributed by atoms with Crippen molar-refractivity contribution in [2.24, 2.45) is 5.41 Å². The number of carbonyl (C=O) groups excluding carboxylic acids is 1. The highest BCUT2D eigenvalue weighted by atomic mass is 16.5. The van der Waals surface area contributed by atoms with Crippen LogP contribution in [-0.2, 0) is 16.0 Å². The van der Waals surface area contributed by atoms with Gasteiger partial charge in [0.2, 0.25) is 5.91 Å². The number of carbonyl (C=O) groups is 2. The van der Waals surface area contributed by atoms with Gasteiger partial charge in [0.25, 0.3) is 0 Å². The van der Waals surface area contributed by atoms with E-state index >= 15 is 0 Å². The van der Waals surface area contributed by atoms with Gasteiger partial charge >= 0.3 is 5.97 Å². The van der Waals surface area contributed by atoms with Crippen LogP contribution in [0, 0.1) is 5.41 Å². The number of hydrogen-bond acceptors (Lipinski definition) is 3. The topological polar surface area (TPSA) is 75.6 Å². The number of carboxylic acids is 1. The van der Waals surface area contributed by atoms with E-state index < -0.39 is 11.4 Å². The van der Waals surface area contributed by atoms with Crippen molar-refractivity contribution in [3.63, 3.8) is 0 Å². The number of rotatable bonds is 8. The van der Waals surface area contributed by atoms with Crippen LogP contribution in [-0.4, -0.2) is 30.6 Å². The lowest BCUT2D eigenvalue weighted by molar-refractivity contribution is -0.139. The molecule has 5 heteroatoms. The minimum atomic E-state index is -0.883. The van der Waals surface area contributed by atoms with Crippen LogP contribution in [0.2, 0.25) is 0 Å². The van der Waals surface area contributed by atoms with Gasteiger partial charge in [0.15, 0.2) is 0 Å². The molecule has 0 aliphatic carbocycles. The largest absolute Gasteiger partial charge is 0.497 e. The van der Waals surface area contributed by atoms with Gasteiger partial charge in [-0.3, -0.25) is 9.59 Å². The molecule has 0 fully saturated rings. The number of hydrogen-bond donors (Lipinski definition) is 2. The number of amides is 1. The van der Waals surface area contributed by atoms with E-state index in [9.17, 15) is 9.59 Å². The van der Waals surface area contributed by atoms with Crippen molar-refractivity contribution in [2.75, 3.05) is 13.7 Å². The molecule has 2 N–H and O–H groups in total. The normalized spacial score (nSPS) is 11.0. The molecule has 21 heavy (non-hydrogen) atoms. The highest BCUT2D eigenvalue weighted by Gasteiger charge is 2.24. The monoisotopic (exact) mass is 293 g/mol. The minimum Gasteiger partial charge on any atom is -0.497 e. The maximum Gasteiger partial charge on any atom is 0.303 e. The average Bonchev–Trinajstić information content (AvgIpc) is 2.37. The summed E-state index contributed by atoms with van der Waals surface area (Å²) in [6.45, 7) is 4.10. The Balaban J connectivity index is 2.34. The molecule has 0 unspecified atom stereocenters. The van der Waals surface area contributed by atoms with Crippen molar-refractivity contribution >= 4 is 11.9 Å². The van der Waals surface area contributed by atoms with Gasteiger partial charge < -0.3 is 15.2 Å². The summed E-state index contributed by atoms with van der Waals surface area (Å²) in [4.78, 5) is 22.5. The molecule has 0 saturated heterocycles. The summed E-state index contributed by atoms with van der Waals surface area (Å²) in [5, 5.41) is 11.6. The first-order valence-electron chi connectivity index (χ1n) is 6.94. The van der Waals surface area contributed by atoms with E-state index in [1.807, 2.05) is 24.3 Å². The standard InChI is InChI=1S/C16H23NO4/c1-16(2,11-15(19)20)10-14(18)17-9-8-12-4-6-13(21-3)7-5-12/h4-7H,8-11H2,1-3H3,(H,17,18)(H,19,20). The van der Waals surface area contributed by atoms with Gasteiger partial charge in [-0.25, -0.2) is 0 Å². The Labute approximate surface area is 125 Å². The van der Waals surface area contributed by atoms with E-state index in [0.717, 1.165) is 17.7 Å². The van der Waals surface area contributed by atoms with Crippen LogP contribution < -0.4 is 10.1 Å². The Bertz CT molecular complexity index is 480. The molecule has 116 valence electrons. The molecule has 0 bridgehead atoms. The Morgan fingerprint density at radius 3 is 2.33 bits per heavy atom. The van der Waals surface area contributed by atoms with Gasteiger partial charge in [-0.05, 0) is 29.5 Å². The summed E-state index contributed by atoms with van der Waals surface area (Å²) in [6.07, 6.45) is 0.926. The molecule has 1 rings (SSSR count). The maximum absolute atomic E-state index is 11.8. The molecule has 0 aliphatic heterocycles. The van der Waals surface area contributed by atoms with Crippen LogP contribution >= 0.6 is 0 Å². The molecule has 0 saturated carbocycles. The maximum atomic E-state index is 11.8. The SMILES string of the molecule is COc1ccc(CCNC(=O)CC(C)(C)CC(=O)O)cc1. The molecule has 0 aromatic heterocycles. The number of nitrogens with one attached hydrogen (secondary N) is 1. The van der Waals surface area contributed by atoms with Gasteiger partial charge in [0.05, 0.1) is 13.5 Å².